The summed E-state index contributed by atoms with van der Waals surface area (Å²) in [6.07, 6.45) is 3.17. The molecule has 0 saturated carbocycles. The van der Waals surface area contributed by atoms with Gasteiger partial charge in [0.05, 0.1) is 18.8 Å². The van der Waals surface area contributed by atoms with E-state index < -0.39 is 0 Å². The number of nitrogens with one attached hydrogen (secondary N) is 1. The molecule has 2 aromatic carbocycles. The van der Waals surface area contributed by atoms with Crippen LogP contribution in [0.15, 0.2) is 77.5 Å². The van der Waals surface area contributed by atoms with E-state index >= 15 is 0 Å². The topological polar surface area (TPSA) is 93.4 Å². The molecular weight excluding hydrogens is 430 g/mol. The number of carbonyl (C=O) groups excluding carboxylic acids is 1. The largest absolute Gasteiger partial charge is 0.450 e. The molecule has 0 unspecified atom stereocenters. The summed E-state index contributed by atoms with van der Waals surface area (Å²) >= 11 is 0. The second kappa shape index (κ2) is 8.57. The Kier molecular flexibility index (Phi) is 5.12. The lowest BCUT2D eigenvalue weighted by Gasteiger charge is -2.27. The highest BCUT2D eigenvalue weighted by atomic mass is 16.5. The van der Waals surface area contributed by atoms with Gasteiger partial charge in [0.1, 0.15) is 11.1 Å². The van der Waals surface area contributed by atoms with Gasteiger partial charge in [0, 0.05) is 42.1 Å². The van der Waals surface area contributed by atoms with Gasteiger partial charge in [0.15, 0.2) is 17.2 Å². The van der Waals surface area contributed by atoms with Gasteiger partial charge in [-0.25, -0.2) is 9.97 Å². The van der Waals surface area contributed by atoms with E-state index in [1.165, 1.54) is 6.20 Å². The monoisotopic (exact) mass is 451 g/mol. The van der Waals surface area contributed by atoms with Crippen LogP contribution in [0.3, 0.4) is 0 Å². The lowest BCUT2D eigenvalue weighted by atomic mass is 10.1. The van der Waals surface area contributed by atoms with Crippen LogP contribution in [0.5, 0.6) is 0 Å². The number of rotatable bonds is 4. The van der Waals surface area contributed by atoms with Gasteiger partial charge < -0.3 is 19.4 Å². The summed E-state index contributed by atoms with van der Waals surface area (Å²) in [7, 11) is 0. The number of carbonyl (C=O) groups is 1. The number of furan rings is 1. The Morgan fingerprint density at radius 3 is 2.71 bits per heavy atom. The van der Waals surface area contributed by atoms with E-state index in [1.807, 2.05) is 48.5 Å². The van der Waals surface area contributed by atoms with E-state index in [-0.39, 0.29) is 5.91 Å². The van der Waals surface area contributed by atoms with Crippen LogP contribution in [-0.2, 0) is 4.74 Å². The molecule has 0 bridgehead atoms. The van der Waals surface area contributed by atoms with Crippen molar-refractivity contribution in [1.82, 2.24) is 15.0 Å². The lowest BCUT2D eigenvalue weighted by Crippen LogP contribution is -2.37. The van der Waals surface area contributed by atoms with Gasteiger partial charge in [-0.1, -0.05) is 24.3 Å². The molecule has 4 heterocycles. The van der Waals surface area contributed by atoms with Crippen LogP contribution in [-0.4, -0.2) is 47.2 Å². The Morgan fingerprint density at radius 2 is 1.85 bits per heavy atom. The fraction of sp³-hybridized carbons (Fsp3) is 0.154. The fourth-order valence-corrected chi connectivity index (χ4v) is 4.13. The van der Waals surface area contributed by atoms with E-state index in [1.54, 1.807) is 18.3 Å². The molecule has 8 heteroatoms. The molecule has 1 saturated heterocycles. The first-order chi connectivity index (χ1) is 16.8. The highest BCUT2D eigenvalue weighted by Gasteiger charge is 2.22. The maximum absolute atomic E-state index is 12.6. The number of aromatic nitrogens is 3. The highest BCUT2D eigenvalue weighted by molar-refractivity contribution is 6.07. The Bertz CT molecular complexity index is 1490. The molecule has 1 aliphatic rings. The van der Waals surface area contributed by atoms with Gasteiger partial charge in [-0.15, -0.1) is 0 Å². The van der Waals surface area contributed by atoms with Crippen molar-refractivity contribution in [2.45, 2.75) is 0 Å². The number of morpholine rings is 1. The first-order valence-electron chi connectivity index (χ1n) is 11.1. The highest BCUT2D eigenvalue weighted by Crippen LogP contribution is 2.35. The standard InChI is InChI=1S/C26H21N5O3/c32-26(18-6-4-10-27-16-18)28-19-7-3-5-17(15-19)24-29-22-20-8-1-2-9-21(20)34-23(22)25(30-24)31-11-13-33-14-12-31/h1-10,15-16H,11-14H2,(H,28,32). The number of para-hydroxylation sites is 1. The van der Waals surface area contributed by atoms with E-state index in [2.05, 4.69) is 15.2 Å². The molecule has 1 aliphatic heterocycles. The van der Waals surface area contributed by atoms with Crippen molar-refractivity contribution >= 4 is 39.5 Å². The van der Waals surface area contributed by atoms with E-state index in [0.717, 1.165) is 41.0 Å². The molecule has 168 valence electrons. The first-order valence-corrected chi connectivity index (χ1v) is 11.1. The smallest absolute Gasteiger partial charge is 0.257 e. The van der Waals surface area contributed by atoms with Crippen LogP contribution in [0.25, 0.3) is 33.5 Å². The number of pyridine rings is 1. The summed E-state index contributed by atoms with van der Waals surface area (Å²) in [6.45, 7) is 2.72. The molecule has 3 aromatic heterocycles. The van der Waals surface area contributed by atoms with Crippen molar-refractivity contribution in [3.8, 4) is 11.4 Å². The Hall–Kier alpha value is -4.30. The summed E-state index contributed by atoms with van der Waals surface area (Å²) in [5.74, 6) is 1.10. The van der Waals surface area contributed by atoms with Gasteiger partial charge >= 0.3 is 0 Å². The fourth-order valence-electron chi connectivity index (χ4n) is 4.13. The van der Waals surface area contributed by atoms with Gasteiger partial charge in [-0.3, -0.25) is 9.78 Å². The summed E-state index contributed by atoms with van der Waals surface area (Å²) < 4.78 is 11.7. The normalized spacial score (nSPS) is 13.9. The zero-order valence-corrected chi connectivity index (χ0v) is 18.3. The third kappa shape index (κ3) is 3.74. The molecule has 1 N–H and O–H groups in total. The van der Waals surface area contributed by atoms with Crippen molar-refractivity contribution in [2.75, 3.05) is 36.5 Å². The molecule has 0 spiro atoms. The predicted octanol–water partition coefficient (Wildman–Crippen LogP) is 4.53. The minimum atomic E-state index is -0.226. The van der Waals surface area contributed by atoms with Gasteiger partial charge in [0.2, 0.25) is 0 Å². The van der Waals surface area contributed by atoms with Crippen LogP contribution < -0.4 is 10.2 Å². The molecule has 6 rings (SSSR count). The quantitative estimate of drug-likeness (QED) is 0.429. The van der Waals surface area contributed by atoms with E-state index in [0.29, 0.717) is 35.9 Å². The molecule has 0 atom stereocenters. The van der Waals surface area contributed by atoms with E-state index in [9.17, 15) is 4.79 Å². The average molecular weight is 451 g/mol. The number of amides is 1. The molecule has 8 nitrogen and oxygen atoms in total. The van der Waals surface area contributed by atoms with Crippen LogP contribution in [0.2, 0.25) is 0 Å². The number of anilines is 2. The van der Waals surface area contributed by atoms with Gasteiger partial charge in [-0.05, 0) is 36.4 Å². The van der Waals surface area contributed by atoms with Crippen LogP contribution in [0.4, 0.5) is 11.5 Å². The molecule has 5 aromatic rings. The SMILES string of the molecule is O=C(Nc1cccc(-c2nc(N3CCOCC3)c3oc4ccccc4c3n2)c1)c1cccnc1. The number of hydrogen-bond donors (Lipinski definition) is 1. The maximum atomic E-state index is 12.6. The van der Waals surface area contributed by atoms with Crippen LogP contribution in [0.1, 0.15) is 10.4 Å². The molecule has 0 radical (unpaired) electrons. The van der Waals surface area contributed by atoms with Gasteiger partial charge in [0.25, 0.3) is 5.91 Å². The zero-order valence-electron chi connectivity index (χ0n) is 18.3. The third-order valence-corrected chi connectivity index (χ3v) is 5.81. The van der Waals surface area contributed by atoms with Crippen molar-refractivity contribution in [3.63, 3.8) is 0 Å². The van der Waals surface area contributed by atoms with Crippen molar-refractivity contribution in [2.24, 2.45) is 0 Å². The number of benzene rings is 2. The van der Waals surface area contributed by atoms with Crippen LogP contribution in [0, 0.1) is 0 Å². The minimum absolute atomic E-state index is 0.226. The van der Waals surface area contributed by atoms with Crippen molar-refractivity contribution < 1.29 is 13.9 Å². The molecular formula is C26H21N5O3. The summed E-state index contributed by atoms with van der Waals surface area (Å²) in [4.78, 5) is 28.6. The average Bonchev–Trinajstić information content (AvgIpc) is 3.28. The molecule has 0 aliphatic carbocycles. The molecule has 1 fully saturated rings. The maximum Gasteiger partial charge on any atom is 0.257 e. The van der Waals surface area contributed by atoms with E-state index in [4.69, 9.17) is 19.1 Å². The van der Waals surface area contributed by atoms with Crippen molar-refractivity contribution in [1.29, 1.82) is 0 Å². The number of hydrogen-bond acceptors (Lipinski definition) is 7. The van der Waals surface area contributed by atoms with Crippen molar-refractivity contribution in [3.05, 3.63) is 78.6 Å². The number of fused-ring (bicyclic) bond motifs is 3. The minimum Gasteiger partial charge on any atom is -0.450 e. The second-order valence-electron chi connectivity index (χ2n) is 8.02. The summed E-state index contributed by atoms with van der Waals surface area (Å²) in [5, 5.41) is 3.87. The lowest BCUT2D eigenvalue weighted by molar-refractivity contribution is 0.102. The Balaban J connectivity index is 1.44. The predicted molar refractivity (Wildman–Crippen MR) is 130 cm³/mol. The summed E-state index contributed by atoms with van der Waals surface area (Å²) in [5.41, 5.74) is 4.16. The van der Waals surface area contributed by atoms with Crippen LogP contribution >= 0.6 is 0 Å². The Morgan fingerprint density at radius 1 is 0.971 bits per heavy atom. The second-order valence-corrected chi connectivity index (χ2v) is 8.02. The zero-order chi connectivity index (χ0) is 22.9. The number of ether oxygens (including phenoxy) is 1. The molecule has 34 heavy (non-hydrogen) atoms. The molecule has 1 amide bonds. The van der Waals surface area contributed by atoms with Gasteiger partial charge in [-0.2, -0.15) is 0 Å². The third-order valence-electron chi connectivity index (χ3n) is 5.81. The number of nitrogens with zero attached hydrogens (tertiary/aromatic N) is 4. The summed E-state index contributed by atoms with van der Waals surface area (Å²) in [6, 6.07) is 18.9. The Labute approximate surface area is 195 Å². The first kappa shape index (κ1) is 20.3.